The van der Waals surface area contributed by atoms with Crippen LogP contribution in [0.15, 0.2) is 28.7 Å². The van der Waals surface area contributed by atoms with Crippen LogP contribution in [0.4, 0.5) is 0 Å². The summed E-state index contributed by atoms with van der Waals surface area (Å²) in [5.74, 6) is -1.92. The van der Waals surface area contributed by atoms with E-state index in [2.05, 4.69) is 21.2 Å². The van der Waals surface area contributed by atoms with Crippen LogP contribution < -0.4 is 11.1 Å². The molecule has 0 radical (unpaired) electrons. The Bertz CT molecular complexity index is 802. The number of benzene rings is 1. The maximum atomic E-state index is 12.7. The van der Waals surface area contributed by atoms with Crippen molar-refractivity contribution in [3.8, 4) is 0 Å². The van der Waals surface area contributed by atoms with Crippen molar-refractivity contribution in [3.05, 3.63) is 34.3 Å². The second-order valence-corrected chi connectivity index (χ2v) is 9.90. The van der Waals surface area contributed by atoms with Crippen molar-refractivity contribution in [2.75, 3.05) is 0 Å². The number of nitrogens with two attached hydrogens (primary N) is 1. The number of aliphatic carboxylic acids is 1. The monoisotopic (exact) mass is 441 g/mol. The standard InChI is InChI=1S/C17H20BrN3O4S/c1-16(2)11(13(23)24)21-14(25)17(3,15(21)26-16)20-12(22)10(19)8-5-4-6-9(18)7-8/h4-7,10-11,15H,19H2,1-3H3,(H,20,22)(H,23,24)/t10?,11-,15+,17-/m0/s1. The molecule has 2 saturated heterocycles. The van der Waals surface area contributed by atoms with Gasteiger partial charge < -0.3 is 21.1 Å². The fourth-order valence-corrected chi connectivity index (χ4v) is 5.59. The fraction of sp³-hybridized carbons (Fsp3) is 0.471. The van der Waals surface area contributed by atoms with E-state index in [0.717, 1.165) is 4.47 Å². The van der Waals surface area contributed by atoms with Gasteiger partial charge in [0, 0.05) is 9.22 Å². The first-order valence-corrected chi connectivity index (χ1v) is 9.73. The Morgan fingerprint density at radius 1 is 1.38 bits per heavy atom. The molecule has 2 heterocycles. The SMILES string of the molecule is CC1(C)S[C@H]2N(C(=O)[C@]2(C)NC(=O)C(N)c2cccc(Br)c2)[C@H]1C(=O)O. The fourth-order valence-electron chi connectivity index (χ4n) is 3.52. The van der Waals surface area contributed by atoms with E-state index in [4.69, 9.17) is 5.73 Å². The summed E-state index contributed by atoms with van der Waals surface area (Å²) >= 11 is 4.72. The number of amides is 2. The maximum absolute atomic E-state index is 12.7. The lowest BCUT2D eigenvalue weighted by atomic mass is 9.85. The zero-order chi connectivity index (χ0) is 19.4. The van der Waals surface area contributed by atoms with Gasteiger partial charge >= 0.3 is 5.97 Å². The minimum Gasteiger partial charge on any atom is -0.480 e. The van der Waals surface area contributed by atoms with Crippen molar-refractivity contribution >= 4 is 45.5 Å². The first-order chi connectivity index (χ1) is 12.0. The van der Waals surface area contributed by atoms with E-state index in [1.54, 1.807) is 39.0 Å². The third-order valence-electron chi connectivity index (χ3n) is 4.88. The van der Waals surface area contributed by atoms with Crippen LogP contribution in [0.5, 0.6) is 0 Å². The molecule has 0 aromatic heterocycles. The van der Waals surface area contributed by atoms with E-state index in [1.165, 1.54) is 16.7 Å². The van der Waals surface area contributed by atoms with Gasteiger partial charge in [-0.15, -0.1) is 11.8 Å². The lowest BCUT2D eigenvalue weighted by molar-refractivity contribution is -0.168. The largest absolute Gasteiger partial charge is 0.480 e. The normalized spacial score (nSPS) is 30.3. The Hall–Kier alpha value is -1.58. The number of nitrogens with one attached hydrogen (secondary N) is 1. The van der Waals surface area contributed by atoms with Crippen LogP contribution in [0.1, 0.15) is 32.4 Å². The number of hydrogen-bond donors (Lipinski definition) is 3. The molecular weight excluding hydrogens is 422 g/mol. The Balaban J connectivity index is 1.79. The molecule has 140 valence electrons. The van der Waals surface area contributed by atoms with E-state index in [1.807, 2.05) is 6.07 Å². The van der Waals surface area contributed by atoms with Crippen molar-refractivity contribution in [2.24, 2.45) is 5.73 Å². The van der Waals surface area contributed by atoms with Crippen molar-refractivity contribution in [3.63, 3.8) is 0 Å². The van der Waals surface area contributed by atoms with Gasteiger partial charge in [0.1, 0.15) is 23.0 Å². The molecule has 1 unspecified atom stereocenters. The quantitative estimate of drug-likeness (QED) is 0.609. The molecule has 2 aliphatic heterocycles. The molecule has 1 aromatic rings. The summed E-state index contributed by atoms with van der Waals surface area (Å²) in [7, 11) is 0. The Morgan fingerprint density at radius 2 is 2.04 bits per heavy atom. The zero-order valence-corrected chi connectivity index (χ0v) is 16.9. The Labute approximate surface area is 163 Å². The van der Waals surface area contributed by atoms with Crippen molar-refractivity contribution < 1.29 is 19.5 Å². The second-order valence-electron chi connectivity index (χ2n) is 7.25. The molecule has 4 N–H and O–H groups in total. The lowest BCUT2D eigenvalue weighted by Gasteiger charge is -2.51. The van der Waals surface area contributed by atoms with Gasteiger partial charge in [0.25, 0.3) is 5.91 Å². The zero-order valence-electron chi connectivity index (χ0n) is 14.5. The van der Waals surface area contributed by atoms with Crippen LogP contribution in [-0.4, -0.2) is 49.5 Å². The number of carboxylic acid groups (broad SMARTS) is 1. The predicted molar refractivity (Wildman–Crippen MR) is 101 cm³/mol. The van der Waals surface area contributed by atoms with Crippen molar-refractivity contribution in [1.29, 1.82) is 0 Å². The molecule has 0 bridgehead atoms. The minimum absolute atomic E-state index is 0.400. The summed E-state index contributed by atoms with van der Waals surface area (Å²) in [4.78, 5) is 38.3. The predicted octanol–water partition coefficient (Wildman–Crippen LogP) is 1.47. The average molecular weight is 442 g/mol. The number of carbonyl (C=O) groups excluding carboxylic acids is 2. The molecule has 9 heteroatoms. The van der Waals surface area contributed by atoms with E-state index in [9.17, 15) is 19.5 Å². The van der Waals surface area contributed by atoms with Crippen LogP contribution in [0.25, 0.3) is 0 Å². The van der Waals surface area contributed by atoms with Crippen LogP contribution >= 0.6 is 27.7 Å². The summed E-state index contributed by atoms with van der Waals surface area (Å²) in [5, 5.41) is 11.8. The molecular formula is C17H20BrN3O4S. The van der Waals surface area contributed by atoms with Gasteiger partial charge in [-0.25, -0.2) is 4.79 Å². The topological polar surface area (TPSA) is 113 Å². The van der Waals surface area contributed by atoms with Gasteiger partial charge in [-0.2, -0.15) is 0 Å². The molecule has 1 aromatic carbocycles. The highest BCUT2D eigenvalue weighted by molar-refractivity contribution is 9.10. The molecule has 2 aliphatic rings. The van der Waals surface area contributed by atoms with E-state index in [0.29, 0.717) is 5.56 Å². The van der Waals surface area contributed by atoms with Crippen LogP contribution in [-0.2, 0) is 14.4 Å². The van der Waals surface area contributed by atoms with Crippen LogP contribution in [0.2, 0.25) is 0 Å². The number of β-lactam (4-membered cyclic amide) rings is 1. The van der Waals surface area contributed by atoms with Gasteiger partial charge in [0.2, 0.25) is 5.91 Å². The van der Waals surface area contributed by atoms with Crippen molar-refractivity contribution in [2.45, 2.75) is 48.5 Å². The molecule has 2 fully saturated rings. The number of hydrogen-bond acceptors (Lipinski definition) is 5. The van der Waals surface area contributed by atoms with Crippen LogP contribution in [0.3, 0.4) is 0 Å². The molecule has 2 amide bonds. The minimum atomic E-state index is -1.17. The number of rotatable bonds is 4. The highest BCUT2D eigenvalue weighted by Gasteiger charge is 2.70. The third-order valence-corrected chi connectivity index (χ3v) is 7.13. The average Bonchev–Trinajstić information content (AvgIpc) is 2.83. The molecule has 0 aliphatic carbocycles. The number of carboxylic acids is 1. The van der Waals surface area contributed by atoms with E-state index in [-0.39, 0.29) is 0 Å². The van der Waals surface area contributed by atoms with Gasteiger partial charge in [-0.3, -0.25) is 9.59 Å². The second kappa shape index (κ2) is 6.24. The lowest BCUT2D eigenvalue weighted by Crippen LogP contribution is -2.78. The highest BCUT2D eigenvalue weighted by atomic mass is 79.9. The molecule has 0 saturated carbocycles. The summed E-state index contributed by atoms with van der Waals surface area (Å²) < 4.78 is 0.147. The molecule has 0 spiro atoms. The first-order valence-electron chi connectivity index (χ1n) is 8.05. The van der Waals surface area contributed by atoms with Gasteiger partial charge in [0.15, 0.2) is 0 Å². The molecule has 7 nitrogen and oxygen atoms in total. The van der Waals surface area contributed by atoms with Gasteiger partial charge in [0.05, 0.1) is 0 Å². The van der Waals surface area contributed by atoms with E-state index >= 15 is 0 Å². The number of nitrogens with zero attached hydrogens (tertiary/aromatic N) is 1. The number of carbonyl (C=O) groups is 3. The Kier molecular flexibility index (Phi) is 4.61. The third kappa shape index (κ3) is 2.82. The summed E-state index contributed by atoms with van der Waals surface area (Å²) in [6.07, 6.45) is 0. The molecule has 26 heavy (non-hydrogen) atoms. The number of thioether (sulfide) groups is 1. The summed E-state index contributed by atoms with van der Waals surface area (Å²) in [5.41, 5.74) is 5.49. The molecule has 4 atom stereocenters. The van der Waals surface area contributed by atoms with E-state index < -0.39 is 45.5 Å². The maximum Gasteiger partial charge on any atom is 0.327 e. The first kappa shape index (κ1) is 19.2. The highest BCUT2D eigenvalue weighted by Crippen LogP contribution is 2.54. The van der Waals surface area contributed by atoms with Crippen LogP contribution in [0, 0.1) is 0 Å². The van der Waals surface area contributed by atoms with Gasteiger partial charge in [-0.05, 0) is 38.5 Å². The smallest absolute Gasteiger partial charge is 0.327 e. The summed E-state index contributed by atoms with van der Waals surface area (Å²) in [6.45, 7) is 5.20. The number of fused-ring (bicyclic) bond motifs is 1. The molecule has 3 rings (SSSR count). The Morgan fingerprint density at radius 3 is 2.62 bits per heavy atom. The van der Waals surface area contributed by atoms with Crippen molar-refractivity contribution in [1.82, 2.24) is 10.2 Å². The van der Waals surface area contributed by atoms with Gasteiger partial charge in [-0.1, -0.05) is 28.1 Å². The summed E-state index contributed by atoms with van der Waals surface area (Å²) in [6, 6.07) is 5.23. The number of halogens is 1.